The summed E-state index contributed by atoms with van der Waals surface area (Å²) in [7, 11) is 0. The van der Waals surface area contributed by atoms with Gasteiger partial charge in [-0.05, 0) is 23.8 Å². The molecule has 1 N–H and O–H groups in total. The molecule has 0 fully saturated rings. The molecule has 0 aliphatic rings. The predicted molar refractivity (Wildman–Crippen MR) is 75.2 cm³/mol. The third-order valence-corrected chi connectivity index (χ3v) is 3.15. The van der Waals surface area contributed by atoms with E-state index in [1.807, 2.05) is 0 Å². The first-order valence-corrected chi connectivity index (χ1v) is 6.58. The van der Waals surface area contributed by atoms with E-state index in [-0.39, 0.29) is 23.4 Å². The van der Waals surface area contributed by atoms with E-state index in [1.165, 1.54) is 6.07 Å². The second-order valence-electron chi connectivity index (χ2n) is 4.81. The first-order valence-electron chi connectivity index (χ1n) is 6.58. The number of halogens is 3. The van der Waals surface area contributed by atoms with E-state index in [4.69, 9.17) is 0 Å². The second kappa shape index (κ2) is 6.57. The van der Waals surface area contributed by atoms with E-state index in [0.717, 1.165) is 30.3 Å². The van der Waals surface area contributed by atoms with Crippen molar-refractivity contribution in [3.63, 3.8) is 0 Å². The van der Waals surface area contributed by atoms with E-state index in [0.29, 0.717) is 6.07 Å². The predicted octanol–water partition coefficient (Wildman–Crippen LogP) is 2.62. The lowest BCUT2D eigenvalue weighted by molar-refractivity contribution is -0.385. The van der Waals surface area contributed by atoms with Crippen LogP contribution in [0, 0.1) is 10.1 Å². The van der Waals surface area contributed by atoms with Crippen LogP contribution in [0.5, 0.6) is 5.75 Å². The maximum Gasteiger partial charge on any atom is 0.416 e. The van der Waals surface area contributed by atoms with Gasteiger partial charge >= 0.3 is 6.18 Å². The minimum Gasteiger partial charge on any atom is -0.872 e. The normalized spacial score (nSPS) is 11.1. The fourth-order valence-electron chi connectivity index (χ4n) is 1.93. The Labute approximate surface area is 133 Å². The topological polar surface area (TPSA) is 95.3 Å². The number of hydrogen-bond donors (Lipinski definition) is 1. The lowest BCUT2D eigenvalue weighted by atomic mass is 10.1. The number of nitrogens with zero attached hydrogens (tertiary/aromatic N) is 1. The maximum absolute atomic E-state index is 12.6. The highest BCUT2D eigenvalue weighted by molar-refractivity contribution is 5.94. The Bertz CT molecular complexity index is 791. The smallest absolute Gasteiger partial charge is 0.416 e. The van der Waals surface area contributed by atoms with Gasteiger partial charge in [0.05, 0.1) is 10.5 Å². The van der Waals surface area contributed by atoms with Crippen LogP contribution in [0.15, 0.2) is 42.5 Å². The molecule has 0 aliphatic heterocycles. The van der Waals surface area contributed by atoms with Crippen molar-refractivity contribution in [3.8, 4) is 5.75 Å². The van der Waals surface area contributed by atoms with Gasteiger partial charge in [-0.1, -0.05) is 12.1 Å². The van der Waals surface area contributed by atoms with Crippen molar-refractivity contribution in [2.45, 2.75) is 12.7 Å². The fraction of sp³-hybridized carbons (Fsp3) is 0.133. The SMILES string of the molecule is O=C(NCc1cc([N+](=O)[O-])ccc1[O-])c1cccc(C(F)(F)F)c1. The quantitative estimate of drug-likeness (QED) is 0.684. The average molecular weight is 339 g/mol. The summed E-state index contributed by atoms with van der Waals surface area (Å²) >= 11 is 0. The summed E-state index contributed by atoms with van der Waals surface area (Å²) in [5.41, 5.74) is -1.57. The van der Waals surface area contributed by atoms with Gasteiger partial charge in [0, 0.05) is 24.2 Å². The molecule has 6 nitrogen and oxygen atoms in total. The van der Waals surface area contributed by atoms with Crippen molar-refractivity contribution in [3.05, 3.63) is 69.3 Å². The standard InChI is InChI=1S/C15H11F3N2O4/c16-15(17,18)11-3-1-2-9(6-11)14(22)19-8-10-7-12(20(23)24)4-5-13(10)21/h1-7,21H,8H2,(H,19,22)/p-1. The largest absolute Gasteiger partial charge is 0.872 e. The Balaban J connectivity index is 2.14. The Kier molecular flexibility index (Phi) is 4.72. The summed E-state index contributed by atoms with van der Waals surface area (Å²) in [6.07, 6.45) is -4.58. The minimum atomic E-state index is -4.58. The van der Waals surface area contributed by atoms with E-state index in [9.17, 15) is 33.2 Å². The van der Waals surface area contributed by atoms with E-state index in [1.54, 1.807) is 0 Å². The molecule has 2 aromatic carbocycles. The van der Waals surface area contributed by atoms with Gasteiger partial charge in [-0.25, -0.2) is 0 Å². The number of hydrogen-bond acceptors (Lipinski definition) is 4. The number of amides is 1. The molecule has 0 spiro atoms. The zero-order valence-corrected chi connectivity index (χ0v) is 12.0. The van der Waals surface area contributed by atoms with Crippen LogP contribution >= 0.6 is 0 Å². The van der Waals surface area contributed by atoms with Gasteiger partial charge in [-0.2, -0.15) is 13.2 Å². The van der Waals surface area contributed by atoms with E-state index < -0.39 is 28.3 Å². The number of benzene rings is 2. The number of alkyl halides is 3. The summed E-state index contributed by atoms with van der Waals surface area (Å²) in [4.78, 5) is 21.9. The van der Waals surface area contributed by atoms with Crippen LogP contribution < -0.4 is 10.4 Å². The summed E-state index contributed by atoms with van der Waals surface area (Å²) in [6.45, 7) is -0.338. The Morgan fingerprint density at radius 1 is 1.17 bits per heavy atom. The van der Waals surface area contributed by atoms with Crippen molar-refractivity contribution in [2.24, 2.45) is 0 Å². The molecule has 126 valence electrons. The monoisotopic (exact) mass is 339 g/mol. The van der Waals surface area contributed by atoms with Crippen molar-refractivity contribution >= 4 is 11.6 Å². The maximum atomic E-state index is 12.6. The molecular formula is C15H10F3N2O4-. The highest BCUT2D eigenvalue weighted by Crippen LogP contribution is 2.29. The number of nitro benzene ring substituents is 1. The lowest BCUT2D eigenvalue weighted by Gasteiger charge is -2.14. The Hall–Kier alpha value is -3.10. The molecule has 0 unspecified atom stereocenters. The van der Waals surface area contributed by atoms with Crippen LogP contribution in [0.1, 0.15) is 21.5 Å². The number of carbonyl (C=O) groups excluding carboxylic acids is 1. The molecule has 0 aliphatic carbocycles. The van der Waals surface area contributed by atoms with Gasteiger partial charge in [0.2, 0.25) is 0 Å². The van der Waals surface area contributed by atoms with Gasteiger partial charge in [0.1, 0.15) is 0 Å². The number of nitrogens with one attached hydrogen (secondary N) is 1. The molecule has 2 aromatic rings. The molecule has 24 heavy (non-hydrogen) atoms. The number of carbonyl (C=O) groups is 1. The van der Waals surface area contributed by atoms with Gasteiger partial charge in [0.15, 0.2) is 0 Å². The lowest BCUT2D eigenvalue weighted by Crippen LogP contribution is -2.24. The Morgan fingerprint density at radius 3 is 2.50 bits per heavy atom. The number of nitro groups is 1. The zero-order chi connectivity index (χ0) is 17.9. The molecule has 0 atom stereocenters. The Morgan fingerprint density at radius 2 is 1.88 bits per heavy atom. The molecule has 0 saturated heterocycles. The van der Waals surface area contributed by atoms with Crippen LogP contribution in [0.4, 0.5) is 18.9 Å². The van der Waals surface area contributed by atoms with Gasteiger partial charge in [-0.15, -0.1) is 5.75 Å². The minimum absolute atomic E-state index is 0.0375. The van der Waals surface area contributed by atoms with Gasteiger partial charge in [-0.3, -0.25) is 14.9 Å². The van der Waals surface area contributed by atoms with Crippen LogP contribution in [-0.2, 0) is 12.7 Å². The molecule has 0 bridgehead atoms. The number of rotatable bonds is 4. The third kappa shape index (κ3) is 4.00. The summed E-state index contributed by atoms with van der Waals surface area (Å²) in [5.74, 6) is -1.35. The zero-order valence-electron chi connectivity index (χ0n) is 12.0. The molecule has 1 amide bonds. The van der Waals surface area contributed by atoms with Crippen LogP contribution in [-0.4, -0.2) is 10.8 Å². The number of non-ortho nitro benzene ring substituents is 1. The molecule has 2 rings (SSSR count). The van der Waals surface area contributed by atoms with Gasteiger partial charge in [0.25, 0.3) is 11.6 Å². The molecular weight excluding hydrogens is 329 g/mol. The fourth-order valence-corrected chi connectivity index (χ4v) is 1.93. The molecule has 0 heterocycles. The average Bonchev–Trinajstić information content (AvgIpc) is 2.53. The summed E-state index contributed by atoms with van der Waals surface area (Å²) < 4.78 is 37.9. The summed E-state index contributed by atoms with van der Waals surface area (Å²) in [5, 5.41) is 24.5. The molecule has 0 radical (unpaired) electrons. The summed E-state index contributed by atoms with van der Waals surface area (Å²) in [6, 6.07) is 6.81. The van der Waals surface area contributed by atoms with Gasteiger partial charge < -0.3 is 10.4 Å². The van der Waals surface area contributed by atoms with E-state index >= 15 is 0 Å². The first-order chi connectivity index (χ1) is 11.2. The van der Waals surface area contributed by atoms with Crippen LogP contribution in [0.2, 0.25) is 0 Å². The van der Waals surface area contributed by atoms with Crippen LogP contribution in [0.25, 0.3) is 0 Å². The second-order valence-corrected chi connectivity index (χ2v) is 4.81. The highest BCUT2D eigenvalue weighted by atomic mass is 19.4. The highest BCUT2D eigenvalue weighted by Gasteiger charge is 2.30. The molecule has 9 heteroatoms. The van der Waals surface area contributed by atoms with Crippen molar-refractivity contribution < 1.29 is 28.0 Å². The molecule has 0 saturated carbocycles. The van der Waals surface area contributed by atoms with E-state index in [2.05, 4.69) is 5.32 Å². The first kappa shape index (κ1) is 17.3. The van der Waals surface area contributed by atoms with Crippen molar-refractivity contribution in [1.82, 2.24) is 5.32 Å². The molecule has 0 aromatic heterocycles. The van der Waals surface area contributed by atoms with Crippen molar-refractivity contribution in [1.29, 1.82) is 0 Å². The van der Waals surface area contributed by atoms with Crippen LogP contribution in [0.3, 0.4) is 0 Å². The van der Waals surface area contributed by atoms with Crippen molar-refractivity contribution in [2.75, 3.05) is 0 Å². The third-order valence-electron chi connectivity index (χ3n) is 3.15.